The maximum absolute atomic E-state index is 12.0. The smallest absolute Gasteiger partial charge is 0.319 e. The van der Waals surface area contributed by atoms with Crippen LogP contribution in [-0.4, -0.2) is 23.7 Å². The number of anilines is 1. The molecule has 0 spiro atoms. The van der Waals surface area contributed by atoms with Crippen LogP contribution >= 0.6 is 0 Å². The second-order valence-corrected chi connectivity index (χ2v) is 5.77. The van der Waals surface area contributed by atoms with Crippen molar-refractivity contribution in [3.63, 3.8) is 0 Å². The Balaban J connectivity index is 2.69. The van der Waals surface area contributed by atoms with Gasteiger partial charge >= 0.3 is 12.0 Å². The summed E-state index contributed by atoms with van der Waals surface area (Å²) in [6.07, 6.45) is 0.450. The first kappa shape index (κ1) is 17.0. The minimum Gasteiger partial charge on any atom is -0.481 e. The van der Waals surface area contributed by atoms with Crippen molar-refractivity contribution in [2.45, 2.75) is 40.0 Å². The third-order valence-corrected chi connectivity index (χ3v) is 3.77. The molecule has 0 aromatic heterocycles. The molecule has 2 amide bonds. The minimum absolute atomic E-state index is 0.0918. The number of carboxylic acid groups (broad SMARTS) is 1. The zero-order valence-corrected chi connectivity index (χ0v) is 13.1. The van der Waals surface area contributed by atoms with Crippen LogP contribution in [-0.2, 0) is 4.79 Å². The van der Waals surface area contributed by atoms with E-state index in [4.69, 9.17) is 0 Å². The van der Waals surface area contributed by atoms with Crippen molar-refractivity contribution < 1.29 is 14.7 Å². The van der Waals surface area contributed by atoms with E-state index in [1.807, 2.05) is 24.3 Å². The van der Waals surface area contributed by atoms with Gasteiger partial charge in [0.25, 0.3) is 0 Å². The lowest BCUT2D eigenvalue weighted by atomic mass is 9.88. The molecule has 1 unspecified atom stereocenters. The number of hydrogen-bond donors (Lipinski definition) is 3. The minimum atomic E-state index is -0.949. The van der Waals surface area contributed by atoms with Gasteiger partial charge in [-0.25, -0.2) is 4.79 Å². The van der Waals surface area contributed by atoms with Gasteiger partial charge in [-0.1, -0.05) is 39.0 Å². The van der Waals surface area contributed by atoms with Crippen LogP contribution in [0, 0.1) is 5.41 Å². The van der Waals surface area contributed by atoms with Gasteiger partial charge in [0.05, 0.1) is 5.41 Å². The third-order valence-electron chi connectivity index (χ3n) is 3.77. The highest BCUT2D eigenvalue weighted by Gasteiger charge is 2.31. The fourth-order valence-electron chi connectivity index (χ4n) is 1.91. The van der Waals surface area contributed by atoms with Crippen molar-refractivity contribution in [2.24, 2.45) is 5.41 Å². The Morgan fingerprint density at radius 1 is 1.29 bits per heavy atom. The number of benzene rings is 1. The molecule has 1 atom stereocenters. The highest BCUT2D eigenvalue weighted by atomic mass is 16.4. The summed E-state index contributed by atoms with van der Waals surface area (Å²) in [5.74, 6) is -0.616. The number of aliphatic carboxylic acids is 1. The average molecular weight is 292 g/mol. The number of carboxylic acids is 1. The number of nitrogens with one attached hydrogen (secondary N) is 2. The van der Waals surface area contributed by atoms with Crippen molar-refractivity contribution >= 4 is 17.7 Å². The molecule has 0 bridgehead atoms. The summed E-state index contributed by atoms with van der Waals surface area (Å²) in [5.41, 5.74) is 0.845. The lowest BCUT2D eigenvalue weighted by Crippen LogP contribution is -2.42. The molecule has 0 saturated carbocycles. The Bertz CT molecular complexity index is 514. The van der Waals surface area contributed by atoms with Crippen molar-refractivity contribution in [1.82, 2.24) is 5.32 Å². The second-order valence-electron chi connectivity index (χ2n) is 5.77. The summed E-state index contributed by atoms with van der Waals surface area (Å²) >= 11 is 0. The zero-order chi connectivity index (χ0) is 16.0. The van der Waals surface area contributed by atoms with Gasteiger partial charge in [0, 0.05) is 12.2 Å². The molecule has 1 aromatic rings. The Kier molecular flexibility index (Phi) is 5.76. The lowest BCUT2D eigenvalue weighted by Gasteiger charge is -2.23. The van der Waals surface area contributed by atoms with Crippen LogP contribution < -0.4 is 10.6 Å². The van der Waals surface area contributed by atoms with Crippen molar-refractivity contribution in [3.8, 4) is 0 Å². The van der Waals surface area contributed by atoms with Crippen LogP contribution in [0.4, 0.5) is 10.5 Å². The molecule has 1 rings (SSSR count). The highest BCUT2D eigenvalue weighted by molar-refractivity contribution is 5.90. The summed E-state index contributed by atoms with van der Waals surface area (Å²) < 4.78 is 0. The molecular weight excluding hydrogens is 268 g/mol. The van der Waals surface area contributed by atoms with E-state index in [9.17, 15) is 14.7 Å². The molecule has 0 aliphatic carbocycles. The molecule has 0 aliphatic heterocycles. The molecule has 0 aliphatic rings. The molecule has 0 saturated heterocycles. The number of hydrogen-bond acceptors (Lipinski definition) is 2. The van der Waals surface area contributed by atoms with Gasteiger partial charge < -0.3 is 15.7 Å². The van der Waals surface area contributed by atoms with Crippen molar-refractivity contribution in [2.75, 3.05) is 11.9 Å². The first-order valence-corrected chi connectivity index (χ1v) is 7.17. The van der Waals surface area contributed by atoms with Crippen LogP contribution in [0.25, 0.3) is 0 Å². The van der Waals surface area contributed by atoms with Crippen LogP contribution in [0.1, 0.15) is 45.6 Å². The number of para-hydroxylation sites is 1. The van der Waals surface area contributed by atoms with E-state index in [1.165, 1.54) is 0 Å². The van der Waals surface area contributed by atoms with Gasteiger partial charge in [0.2, 0.25) is 0 Å². The van der Waals surface area contributed by atoms with Crippen LogP contribution in [0.5, 0.6) is 0 Å². The summed E-state index contributed by atoms with van der Waals surface area (Å²) in [4.78, 5) is 23.2. The Labute approximate surface area is 125 Å². The van der Waals surface area contributed by atoms with E-state index in [2.05, 4.69) is 24.5 Å². The Hall–Kier alpha value is -2.04. The molecule has 5 heteroatoms. The summed E-state index contributed by atoms with van der Waals surface area (Å²) in [6.45, 7) is 7.61. The van der Waals surface area contributed by atoms with E-state index < -0.39 is 11.4 Å². The van der Waals surface area contributed by atoms with Gasteiger partial charge in [0.15, 0.2) is 0 Å². The van der Waals surface area contributed by atoms with Gasteiger partial charge in [-0.2, -0.15) is 0 Å². The second kappa shape index (κ2) is 7.11. The summed E-state index contributed by atoms with van der Waals surface area (Å²) in [5, 5.41) is 14.6. The topological polar surface area (TPSA) is 78.4 Å². The lowest BCUT2D eigenvalue weighted by molar-refractivity contribution is -0.147. The standard InChI is InChI=1S/C16H24N2O3/c1-5-16(4,14(19)20)10-17-15(21)18-13-9-7-6-8-12(13)11(2)3/h6-9,11H,5,10H2,1-4H3,(H,19,20)(H2,17,18,21). The van der Waals surface area contributed by atoms with E-state index in [-0.39, 0.29) is 12.6 Å². The molecule has 116 valence electrons. The fraction of sp³-hybridized carbons (Fsp3) is 0.500. The fourth-order valence-corrected chi connectivity index (χ4v) is 1.91. The molecule has 0 radical (unpaired) electrons. The normalized spacial score (nSPS) is 13.6. The number of carbonyl (C=O) groups excluding carboxylic acids is 1. The van der Waals surface area contributed by atoms with Crippen LogP contribution in [0.3, 0.4) is 0 Å². The number of amides is 2. The van der Waals surface area contributed by atoms with Crippen LogP contribution in [0.15, 0.2) is 24.3 Å². The van der Waals surface area contributed by atoms with Crippen molar-refractivity contribution in [1.29, 1.82) is 0 Å². The Morgan fingerprint density at radius 2 is 1.90 bits per heavy atom. The highest BCUT2D eigenvalue weighted by Crippen LogP contribution is 2.24. The molecule has 0 fully saturated rings. The molecular formula is C16H24N2O3. The quantitative estimate of drug-likeness (QED) is 0.751. The zero-order valence-electron chi connectivity index (χ0n) is 13.1. The number of urea groups is 1. The first-order valence-electron chi connectivity index (χ1n) is 7.17. The third kappa shape index (κ3) is 4.48. The van der Waals surface area contributed by atoms with Gasteiger partial charge in [-0.05, 0) is 30.9 Å². The van der Waals surface area contributed by atoms with E-state index in [0.29, 0.717) is 12.3 Å². The summed E-state index contributed by atoms with van der Waals surface area (Å²) in [6, 6.07) is 7.20. The maximum atomic E-state index is 12.0. The predicted octanol–water partition coefficient (Wildman–Crippen LogP) is 3.43. The van der Waals surface area contributed by atoms with E-state index >= 15 is 0 Å². The maximum Gasteiger partial charge on any atom is 0.319 e. The Morgan fingerprint density at radius 3 is 2.43 bits per heavy atom. The molecule has 0 heterocycles. The predicted molar refractivity (Wildman–Crippen MR) is 83.6 cm³/mol. The van der Waals surface area contributed by atoms with E-state index in [1.54, 1.807) is 13.8 Å². The van der Waals surface area contributed by atoms with Gasteiger partial charge in [-0.3, -0.25) is 4.79 Å². The largest absolute Gasteiger partial charge is 0.481 e. The monoisotopic (exact) mass is 292 g/mol. The number of rotatable bonds is 6. The van der Waals surface area contributed by atoms with Gasteiger partial charge in [-0.15, -0.1) is 0 Å². The average Bonchev–Trinajstić information content (AvgIpc) is 2.44. The first-order chi connectivity index (χ1) is 9.80. The molecule has 3 N–H and O–H groups in total. The SMILES string of the molecule is CCC(C)(CNC(=O)Nc1ccccc1C(C)C)C(=O)O. The van der Waals surface area contributed by atoms with Crippen LogP contribution in [0.2, 0.25) is 0 Å². The number of carbonyl (C=O) groups is 2. The molecule has 21 heavy (non-hydrogen) atoms. The molecule has 1 aromatic carbocycles. The van der Waals surface area contributed by atoms with Crippen molar-refractivity contribution in [3.05, 3.63) is 29.8 Å². The molecule has 5 nitrogen and oxygen atoms in total. The van der Waals surface area contributed by atoms with Gasteiger partial charge in [0.1, 0.15) is 0 Å². The summed E-state index contributed by atoms with van der Waals surface area (Å²) in [7, 11) is 0. The van der Waals surface area contributed by atoms with E-state index in [0.717, 1.165) is 11.3 Å².